The monoisotopic (exact) mass is 509 g/mol. The lowest BCUT2D eigenvalue weighted by Crippen LogP contribution is -2.12. The van der Waals surface area contributed by atoms with E-state index >= 15 is 4.39 Å². The van der Waals surface area contributed by atoms with E-state index < -0.39 is 23.0 Å². The summed E-state index contributed by atoms with van der Waals surface area (Å²) in [5.74, 6) is -3.11. The zero-order valence-electron chi connectivity index (χ0n) is 19.5. The second-order valence-electron chi connectivity index (χ2n) is 8.63. The highest BCUT2D eigenvalue weighted by Crippen LogP contribution is 2.31. The van der Waals surface area contributed by atoms with Crippen LogP contribution in [0.4, 0.5) is 24.0 Å². The number of aromatic nitrogens is 3. The van der Waals surface area contributed by atoms with E-state index in [0.717, 1.165) is 16.8 Å². The molecule has 3 heterocycles. The number of ketones is 1. The highest BCUT2D eigenvalue weighted by molar-refractivity contribution is 7.14. The van der Waals surface area contributed by atoms with Crippen LogP contribution in [-0.4, -0.2) is 41.4 Å². The zero-order chi connectivity index (χ0) is 25.4. The summed E-state index contributed by atoms with van der Waals surface area (Å²) in [5.41, 5.74) is 1.93. The molecule has 2 N–H and O–H groups in total. The number of anilines is 2. The molecule has 0 aliphatic heterocycles. The number of rotatable bonds is 7. The summed E-state index contributed by atoms with van der Waals surface area (Å²) in [6, 6.07) is 4.01. The lowest BCUT2D eigenvalue weighted by atomic mass is 10.00. The SMILES string of the molecule is CN(C)c1nc(-c2cnc3[nH]cc(C(=O)c4c(F)ccc(NCC5=CC(F)=CCC5)c4F)c3c2)cs1. The van der Waals surface area contributed by atoms with Crippen LogP contribution in [0.25, 0.3) is 22.3 Å². The van der Waals surface area contributed by atoms with Gasteiger partial charge in [0.05, 0.1) is 16.9 Å². The number of H-pyrrole nitrogens is 1. The van der Waals surface area contributed by atoms with Gasteiger partial charge in [0.25, 0.3) is 0 Å². The van der Waals surface area contributed by atoms with Gasteiger partial charge < -0.3 is 15.2 Å². The molecular weight excluding hydrogens is 487 g/mol. The molecule has 1 aromatic carbocycles. The smallest absolute Gasteiger partial charge is 0.201 e. The van der Waals surface area contributed by atoms with E-state index in [1.54, 1.807) is 12.3 Å². The molecule has 1 aliphatic rings. The molecule has 0 saturated carbocycles. The molecule has 0 atom stereocenters. The van der Waals surface area contributed by atoms with Crippen LogP contribution in [-0.2, 0) is 0 Å². The Bertz CT molecular complexity index is 1540. The lowest BCUT2D eigenvalue weighted by Gasteiger charge is -2.14. The first-order chi connectivity index (χ1) is 17.3. The highest BCUT2D eigenvalue weighted by Gasteiger charge is 2.25. The largest absolute Gasteiger partial charge is 0.379 e. The van der Waals surface area contributed by atoms with Crippen LogP contribution in [0.2, 0.25) is 0 Å². The van der Waals surface area contributed by atoms with E-state index in [-0.39, 0.29) is 23.6 Å². The number of pyridine rings is 1. The average Bonchev–Trinajstić information content (AvgIpc) is 3.51. The van der Waals surface area contributed by atoms with Crippen molar-refractivity contribution in [3.8, 4) is 11.3 Å². The minimum atomic E-state index is -0.999. The van der Waals surface area contributed by atoms with Gasteiger partial charge in [-0.1, -0.05) is 0 Å². The third-order valence-electron chi connectivity index (χ3n) is 5.92. The van der Waals surface area contributed by atoms with Gasteiger partial charge in [-0.25, -0.2) is 23.1 Å². The van der Waals surface area contributed by atoms with Crippen LogP contribution >= 0.6 is 11.3 Å². The Labute approximate surface area is 209 Å². The second kappa shape index (κ2) is 9.62. The van der Waals surface area contributed by atoms with Gasteiger partial charge in [0, 0.05) is 54.9 Å². The van der Waals surface area contributed by atoms with Gasteiger partial charge in [-0.15, -0.1) is 11.3 Å². The summed E-state index contributed by atoms with van der Waals surface area (Å²) >= 11 is 1.47. The molecular formula is C26H22F3N5OS. The third-order valence-corrected chi connectivity index (χ3v) is 6.93. The fourth-order valence-corrected chi connectivity index (χ4v) is 4.80. The molecule has 0 spiro atoms. The maximum atomic E-state index is 15.4. The van der Waals surface area contributed by atoms with Crippen molar-refractivity contribution in [3.05, 3.63) is 82.3 Å². The van der Waals surface area contributed by atoms with Crippen molar-refractivity contribution in [2.75, 3.05) is 30.9 Å². The van der Waals surface area contributed by atoms with Gasteiger partial charge in [-0.2, -0.15) is 0 Å². The third kappa shape index (κ3) is 4.51. The zero-order valence-corrected chi connectivity index (χ0v) is 20.3. The normalized spacial score (nSPS) is 13.5. The van der Waals surface area contributed by atoms with Gasteiger partial charge in [-0.05, 0) is 48.8 Å². The molecule has 10 heteroatoms. The van der Waals surface area contributed by atoms with Crippen LogP contribution in [0.15, 0.2) is 59.5 Å². The van der Waals surface area contributed by atoms with E-state index in [4.69, 9.17) is 0 Å². The Hall–Kier alpha value is -3.92. The molecule has 5 rings (SSSR count). The van der Waals surface area contributed by atoms with E-state index in [0.29, 0.717) is 35.1 Å². The van der Waals surface area contributed by atoms with Crippen molar-refractivity contribution in [2.24, 2.45) is 0 Å². The van der Waals surface area contributed by atoms with E-state index in [1.807, 2.05) is 24.4 Å². The Morgan fingerprint density at radius 2 is 2.08 bits per heavy atom. The van der Waals surface area contributed by atoms with Gasteiger partial charge in [-0.3, -0.25) is 4.79 Å². The molecule has 0 saturated heterocycles. The molecule has 4 aromatic rings. The van der Waals surface area contributed by atoms with Crippen LogP contribution in [0, 0.1) is 11.6 Å². The number of thiazole rings is 1. The van der Waals surface area contributed by atoms with Crippen LogP contribution in [0.5, 0.6) is 0 Å². The second-order valence-corrected chi connectivity index (χ2v) is 9.47. The van der Waals surface area contributed by atoms with Crippen LogP contribution < -0.4 is 10.2 Å². The lowest BCUT2D eigenvalue weighted by molar-refractivity contribution is 0.103. The fourth-order valence-electron chi connectivity index (χ4n) is 4.04. The van der Waals surface area contributed by atoms with Crippen molar-refractivity contribution in [1.29, 1.82) is 0 Å². The molecule has 1 aliphatic carbocycles. The number of nitrogens with zero attached hydrogens (tertiary/aromatic N) is 3. The number of benzene rings is 1. The first-order valence-corrected chi connectivity index (χ1v) is 12.1. The fraction of sp³-hybridized carbons (Fsp3) is 0.192. The van der Waals surface area contributed by atoms with E-state index in [9.17, 15) is 13.6 Å². The summed E-state index contributed by atoms with van der Waals surface area (Å²) in [6.45, 7) is 0.181. The Morgan fingerprint density at radius 1 is 1.25 bits per heavy atom. The number of aromatic amines is 1. The van der Waals surface area contributed by atoms with Gasteiger partial charge >= 0.3 is 0 Å². The minimum absolute atomic E-state index is 0.0343. The summed E-state index contributed by atoms with van der Waals surface area (Å²) in [5, 5.41) is 5.99. The topological polar surface area (TPSA) is 73.9 Å². The predicted molar refractivity (Wildman–Crippen MR) is 136 cm³/mol. The molecule has 0 fully saturated rings. The quantitative estimate of drug-likeness (QED) is 0.288. The number of hydrogen-bond donors (Lipinski definition) is 2. The molecule has 0 radical (unpaired) electrons. The maximum absolute atomic E-state index is 15.4. The minimum Gasteiger partial charge on any atom is -0.379 e. The molecule has 0 unspecified atom stereocenters. The summed E-state index contributed by atoms with van der Waals surface area (Å²) < 4.78 is 43.6. The Morgan fingerprint density at radius 3 is 2.83 bits per heavy atom. The summed E-state index contributed by atoms with van der Waals surface area (Å²) in [4.78, 5) is 27.1. The molecule has 3 aromatic heterocycles. The number of carbonyl (C=O) groups is 1. The number of allylic oxidation sites excluding steroid dienone is 3. The molecule has 36 heavy (non-hydrogen) atoms. The first-order valence-electron chi connectivity index (χ1n) is 11.2. The number of halogens is 3. The van der Waals surface area contributed by atoms with E-state index in [1.165, 1.54) is 35.8 Å². The van der Waals surface area contributed by atoms with Gasteiger partial charge in [0.1, 0.15) is 17.3 Å². The predicted octanol–water partition coefficient (Wildman–Crippen LogP) is 6.25. The van der Waals surface area contributed by atoms with Crippen LogP contribution in [0.3, 0.4) is 0 Å². The van der Waals surface area contributed by atoms with E-state index in [2.05, 4.69) is 20.3 Å². The van der Waals surface area contributed by atoms with Crippen LogP contribution in [0.1, 0.15) is 28.8 Å². The van der Waals surface area contributed by atoms with Crippen molar-refractivity contribution < 1.29 is 18.0 Å². The maximum Gasteiger partial charge on any atom is 0.201 e. The molecule has 6 nitrogen and oxygen atoms in total. The van der Waals surface area contributed by atoms with Crippen molar-refractivity contribution in [3.63, 3.8) is 0 Å². The number of fused-ring (bicyclic) bond motifs is 1. The standard InChI is InChI=1S/C26H22F3N5OS/c1-34(2)26-33-21(13-36-26)15-9-17-18(12-32-25(17)31-11-15)24(35)22-19(28)6-7-20(23(22)29)30-10-14-4-3-5-16(27)8-14/h5-9,11-13,30H,3-4,10H2,1-2H3,(H,31,32). The Kier molecular flexibility index (Phi) is 6.36. The molecule has 184 valence electrons. The number of hydrogen-bond acceptors (Lipinski definition) is 6. The summed E-state index contributed by atoms with van der Waals surface area (Å²) in [6.07, 6.45) is 7.10. The summed E-state index contributed by atoms with van der Waals surface area (Å²) in [7, 11) is 3.78. The molecule has 0 bridgehead atoms. The van der Waals surface area contributed by atoms with Gasteiger partial charge in [0.2, 0.25) is 5.78 Å². The average molecular weight is 510 g/mol. The number of nitrogens with one attached hydrogen (secondary N) is 2. The first kappa shape index (κ1) is 23.8. The van der Waals surface area contributed by atoms with Crippen molar-refractivity contribution in [2.45, 2.75) is 12.8 Å². The number of carbonyl (C=O) groups excluding carboxylic acids is 1. The highest BCUT2D eigenvalue weighted by atomic mass is 32.1. The Balaban J connectivity index is 1.47. The van der Waals surface area contributed by atoms with Crippen molar-refractivity contribution >= 4 is 39.0 Å². The van der Waals surface area contributed by atoms with Crippen molar-refractivity contribution in [1.82, 2.24) is 15.0 Å². The molecule has 0 amide bonds. The van der Waals surface area contributed by atoms with Gasteiger partial charge in [0.15, 0.2) is 10.9 Å².